The summed E-state index contributed by atoms with van der Waals surface area (Å²) in [6.45, 7) is 1.99. The number of aryl methyl sites for hydroxylation is 1. The first-order valence-electron chi connectivity index (χ1n) is 7.16. The summed E-state index contributed by atoms with van der Waals surface area (Å²) in [5.41, 5.74) is 2.40. The molecule has 0 aliphatic heterocycles. The summed E-state index contributed by atoms with van der Waals surface area (Å²) in [5.74, 6) is 0. The molecule has 1 heterocycles. The van der Waals surface area contributed by atoms with Crippen LogP contribution in [0.2, 0.25) is 0 Å². The van der Waals surface area contributed by atoms with Crippen molar-refractivity contribution in [2.45, 2.75) is 11.8 Å². The molecule has 0 amide bonds. The van der Waals surface area contributed by atoms with Gasteiger partial charge in [-0.15, -0.1) is 11.8 Å². The van der Waals surface area contributed by atoms with Crippen LogP contribution in [0.3, 0.4) is 0 Å². The van der Waals surface area contributed by atoms with E-state index in [0.717, 1.165) is 21.7 Å². The first-order chi connectivity index (χ1) is 11.1. The summed E-state index contributed by atoms with van der Waals surface area (Å²) in [4.78, 5) is 27.6. The Morgan fingerprint density at radius 3 is 2.22 bits per heavy atom. The second-order valence-electron chi connectivity index (χ2n) is 5.22. The van der Waals surface area contributed by atoms with Gasteiger partial charge in [0.25, 0.3) is 5.56 Å². The predicted octanol–water partition coefficient (Wildman–Crippen LogP) is 3.22. The predicted molar refractivity (Wildman–Crippen MR) is 94.6 cm³/mol. The van der Waals surface area contributed by atoms with Gasteiger partial charge in [0.2, 0.25) is 0 Å². The maximum Gasteiger partial charge on any atom is 0.333 e. The van der Waals surface area contributed by atoms with E-state index in [2.05, 4.69) is 4.98 Å². The van der Waals surface area contributed by atoms with Crippen LogP contribution in [0.4, 0.5) is 0 Å². The Morgan fingerprint density at radius 2 is 1.61 bits per heavy atom. The van der Waals surface area contributed by atoms with E-state index in [1.54, 1.807) is 11.8 Å². The summed E-state index contributed by atoms with van der Waals surface area (Å²) in [7, 11) is 0. The molecule has 0 saturated heterocycles. The third-order valence-corrected chi connectivity index (χ3v) is 4.36. The Hall–Kier alpha value is -2.53. The fourth-order valence-electron chi connectivity index (χ4n) is 2.42. The van der Waals surface area contributed by atoms with Crippen LogP contribution in [0.25, 0.3) is 16.9 Å². The smallest absolute Gasteiger partial charge is 0.274 e. The lowest BCUT2D eigenvalue weighted by atomic mass is 10.1. The second-order valence-corrected chi connectivity index (χ2v) is 6.10. The zero-order valence-electron chi connectivity index (χ0n) is 12.9. The number of hydrogen-bond acceptors (Lipinski definition) is 3. The maximum atomic E-state index is 12.3. The van der Waals surface area contributed by atoms with Crippen molar-refractivity contribution in [3.63, 3.8) is 0 Å². The quantitative estimate of drug-likeness (QED) is 0.753. The number of hydrogen-bond donors (Lipinski definition) is 1. The third-order valence-electron chi connectivity index (χ3n) is 3.62. The highest BCUT2D eigenvalue weighted by Gasteiger charge is 2.10. The van der Waals surface area contributed by atoms with E-state index in [0.29, 0.717) is 5.69 Å². The monoisotopic (exact) mass is 324 g/mol. The maximum absolute atomic E-state index is 12.3. The molecular formula is C18H16N2O2S. The summed E-state index contributed by atoms with van der Waals surface area (Å²) in [6.07, 6.45) is 2.00. The van der Waals surface area contributed by atoms with Crippen LogP contribution in [0, 0.1) is 6.92 Å². The van der Waals surface area contributed by atoms with Gasteiger partial charge in [0, 0.05) is 11.0 Å². The van der Waals surface area contributed by atoms with Crippen LogP contribution >= 0.6 is 11.8 Å². The van der Waals surface area contributed by atoms with Crippen LogP contribution < -0.4 is 11.2 Å². The van der Waals surface area contributed by atoms with Crippen molar-refractivity contribution in [2.75, 3.05) is 6.26 Å². The van der Waals surface area contributed by atoms with Crippen LogP contribution in [0.15, 0.2) is 69.1 Å². The van der Waals surface area contributed by atoms with Gasteiger partial charge in [-0.2, -0.15) is 0 Å². The minimum atomic E-state index is -0.440. The van der Waals surface area contributed by atoms with Crippen molar-refractivity contribution in [3.8, 4) is 16.9 Å². The van der Waals surface area contributed by atoms with Gasteiger partial charge in [-0.25, -0.2) is 4.79 Å². The van der Waals surface area contributed by atoms with E-state index in [1.807, 2.05) is 61.7 Å². The minimum absolute atomic E-state index is 0.401. The normalized spacial score (nSPS) is 10.7. The van der Waals surface area contributed by atoms with Gasteiger partial charge in [0.15, 0.2) is 0 Å². The van der Waals surface area contributed by atoms with Crippen molar-refractivity contribution in [1.82, 2.24) is 9.55 Å². The fourth-order valence-corrected chi connectivity index (χ4v) is 2.83. The number of nitrogens with one attached hydrogen (secondary N) is 1. The Balaban J connectivity index is 2.24. The lowest BCUT2D eigenvalue weighted by Gasteiger charge is -2.13. The van der Waals surface area contributed by atoms with Crippen LogP contribution in [-0.2, 0) is 0 Å². The van der Waals surface area contributed by atoms with E-state index < -0.39 is 11.2 Å². The SMILES string of the molecule is CSc1ccc(-c2cc(=O)[nH]c(=O)n2-c2ccc(C)cc2)cc1. The summed E-state index contributed by atoms with van der Waals surface area (Å²) < 4.78 is 1.52. The Bertz CT molecular complexity index is 938. The number of rotatable bonds is 3. The van der Waals surface area contributed by atoms with Gasteiger partial charge in [0.1, 0.15) is 0 Å². The van der Waals surface area contributed by atoms with Gasteiger partial charge < -0.3 is 0 Å². The molecule has 1 aromatic heterocycles. The largest absolute Gasteiger partial charge is 0.333 e. The standard InChI is InChI=1S/C18H16N2O2S/c1-12-3-7-14(8-4-12)20-16(11-17(21)19-18(20)22)13-5-9-15(23-2)10-6-13/h3-11H,1-2H3,(H,19,21,22). The number of aromatic amines is 1. The molecule has 2 aromatic carbocycles. The van der Waals surface area contributed by atoms with Crippen LogP contribution in [0.5, 0.6) is 0 Å². The molecule has 0 aliphatic rings. The molecule has 0 atom stereocenters. The highest BCUT2D eigenvalue weighted by Crippen LogP contribution is 2.23. The van der Waals surface area contributed by atoms with E-state index in [4.69, 9.17) is 0 Å². The third kappa shape index (κ3) is 3.14. The Morgan fingerprint density at radius 1 is 0.957 bits per heavy atom. The van der Waals surface area contributed by atoms with Gasteiger partial charge in [-0.3, -0.25) is 14.3 Å². The average Bonchev–Trinajstić information content (AvgIpc) is 2.55. The lowest BCUT2D eigenvalue weighted by Crippen LogP contribution is -2.29. The second kappa shape index (κ2) is 6.30. The van der Waals surface area contributed by atoms with E-state index in [-0.39, 0.29) is 0 Å². The van der Waals surface area contributed by atoms with E-state index >= 15 is 0 Å². The first kappa shape index (κ1) is 15.4. The molecule has 0 aliphatic carbocycles. The number of H-pyrrole nitrogens is 1. The average molecular weight is 324 g/mol. The molecule has 23 heavy (non-hydrogen) atoms. The van der Waals surface area contributed by atoms with Crippen molar-refractivity contribution < 1.29 is 0 Å². The number of thioether (sulfide) groups is 1. The van der Waals surface area contributed by atoms with Crippen molar-refractivity contribution in [2.24, 2.45) is 0 Å². The highest BCUT2D eigenvalue weighted by molar-refractivity contribution is 7.98. The molecule has 1 N–H and O–H groups in total. The molecule has 0 spiro atoms. The molecule has 116 valence electrons. The van der Waals surface area contributed by atoms with Crippen molar-refractivity contribution in [1.29, 1.82) is 0 Å². The highest BCUT2D eigenvalue weighted by atomic mass is 32.2. The van der Waals surface area contributed by atoms with Gasteiger partial charge in [0.05, 0.1) is 11.4 Å². The Kier molecular flexibility index (Phi) is 4.21. The Labute approximate surface area is 137 Å². The molecule has 3 rings (SSSR count). The number of benzene rings is 2. The molecular weight excluding hydrogens is 308 g/mol. The molecule has 0 radical (unpaired) electrons. The molecule has 0 saturated carbocycles. The zero-order chi connectivity index (χ0) is 16.4. The molecule has 0 bridgehead atoms. The first-order valence-corrected chi connectivity index (χ1v) is 8.39. The topological polar surface area (TPSA) is 54.9 Å². The van der Waals surface area contributed by atoms with E-state index in [1.165, 1.54) is 10.6 Å². The van der Waals surface area contributed by atoms with Crippen LogP contribution in [-0.4, -0.2) is 15.8 Å². The summed E-state index contributed by atoms with van der Waals surface area (Å²) >= 11 is 1.64. The minimum Gasteiger partial charge on any atom is -0.274 e. The summed E-state index contributed by atoms with van der Waals surface area (Å²) in [6, 6.07) is 16.9. The fraction of sp³-hybridized carbons (Fsp3) is 0.111. The van der Waals surface area contributed by atoms with Gasteiger partial charge in [-0.05, 0) is 43.0 Å². The molecule has 3 aromatic rings. The van der Waals surface area contributed by atoms with Crippen molar-refractivity contribution in [3.05, 3.63) is 81.0 Å². The lowest BCUT2D eigenvalue weighted by molar-refractivity contribution is 0.904. The number of aromatic nitrogens is 2. The molecule has 5 heteroatoms. The molecule has 0 unspecified atom stereocenters. The van der Waals surface area contributed by atoms with Gasteiger partial charge >= 0.3 is 5.69 Å². The van der Waals surface area contributed by atoms with Crippen LogP contribution in [0.1, 0.15) is 5.56 Å². The zero-order valence-corrected chi connectivity index (χ0v) is 13.7. The van der Waals surface area contributed by atoms with E-state index in [9.17, 15) is 9.59 Å². The van der Waals surface area contributed by atoms with Gasteiger partial charge in [-0.1, -0.05) is 29.8 Å². The molecule has 0 fully saturated rings. The summed E-state index contributed by atoms with van der Waals surface area (Å²) in [5, 5.41) is 0. The molecule has 4 nitrogen and oxygen atoms in total. The van der Waals surface area contributed by atoms with Crippen molar-refractivity contribution >= 4 is 11.8 Å². The number of nitrogens with zero attached hydrogens (tertiary/aromatic N) is 1.